The third kappa shape index (κ3) is 2.06. The van der Waals surface area contributed by atoms with E-state index in [1.807, 2.05) is 18.2 Å². The zero-order valence-electron chi connectivity index (χ0n) is 11.1. The molecule has 0 spiro atoms. The zero-order chi connectivity index (χ0) is 13.5. The molecule has 0 atom stereocenters. The predicted octanol–water partition coefficient (Wildman–Crippen LogP) is 3.14. The minimum absolute atomic E-state index is 0.0191. The van der Waals surface area contributed by atoms with Gasteiger partial charge < -0.3 is 15.5 Å². The lowest BCUT2D eigenvalue weighted by atomic mass is 9.73. The molecule has 2 aromatic rings. The van der Waals surface area contributed by atoms with Crippen LogP contribution in [0.25, 0.3) is 10.9 Å². The molecule has 0 unspecified atom stereocenters. The number of nitrogens with one attached hydrogen (secondary N) is 1. The molecule has 1 aromatic carbocycles. The van der Waals surface area contributed by atoms with Crippen LogP contribution in [0.3, 0.4) is 0 Å². The lowest BCUT2D eigenvalue weighted by Gasteiger charge is -2.37. The average Bonchev–Trinajstić information content (AvgIpc) is 2.75. The van der Waals surface area contributed by atoms with E-state index in [4.69, 9.17) is 22.1 Å². The smallest absolute Gasteiger partial charge is 0.0475 e. The van der Waals surface area contributed by atoms with Gasteiger partial charge in [-0.2, -0.15) is 0 Å². The predicted molar refractivity (Wildman–Crippen MR) is 78.8 cm³/mol. The van der Waals surface area contributed by atoms with Crippen LogP contribution < -0.4 is 5.73 Å². The molecular weight excluding hydrogens is 260 g/mol. The number of halogens is 1. The van der Waals surface area contributed by atoms with Crippen molar-refractivity contribution in [3.8, 4) is 0 Å². The number of ether oxygens (including phenoxy) is 1. The topological polar surface area (TPSA) is 51.0 Å². The molecule has 1 fully saturated rings. The van der Waals surface area contributed by atoms with E-state index < -0.39 is 0 Å². The van der Waals surface area contributed by atoms with Gasteiger partial charge in [-0.25, -0.2) is 0 Å². The molecule has 1 aliphatic heterocycles. The summed E-state index contributed by atoms with van der Waals surface area (Å²) in [6.07, 6.45) is 1.95. The molecule has 0 bridgehead atoms. The van der Waals surface area contributed by atoms with Crippen LogP contribution in [0.2, 0.25) is 5.02 Å². The highest BCUT2D eigenvalue weighted by Crippen LogP contribution is 2.40. The fourth-order valence-corrected chi connectivity index (χ4v) is 3.47. The summed E-state index contributed by atoms with van der Waals surface area (Å²) in [5, 5.41) is 1.98. The van der Waals surface area contributed by atoms with Crippen LogP contribution in [0.15, 0.2) is 18.2 Å². The van der Waals surface area contributed by atoms with Gasteiger partial charge in [0.2, 0.25) is 0 Å². The molecule has 3 N–H and O–H groups in total. The minimum Gasteiger partial charge on any atom is -0.381 e. The highest BCUT2D eigenvalue weighted by atomic mass is 35.5. The third-order valence-corrected chi connectivity index (χ3v) is 4.55. The number of aryl methyl sites for hydroxylation is 1. The van der Waals surface area contributed by atoms with Gasteiger partial charge in [0.15, 0.2) is 0 Å². The Morgan fingerprint density at radius 3 is 2.79 bits per heavy atom. The fraction of sp³-hybridized carbons (Fsp3) is 0.467. The van der Waals surface area contributed by atoms with Gasteiger partial charge in [-0.05, 0) is 43.5 Å². The highest BCUT2D eigenvalue weighted by Gasteiger charge is 2.36. The summed E-state index contributed by atoms with van der Waals surface area (Å²) in [6.45, 7) is 4.33. The summed E-state index contributed by atoms with van der Waals surface area (Å²) < 4.78 is 5.51. The zero-order valence-corrected chi connectivity index (χ0v) is 11.9. The maximum absolute atomic E-state index is 6.16. The van der Waals surface area contributed by atoms with E-state index >= 15 is 0 Å². The molecule has 1 aliphatic rings. The number of aromatic amines is 1. The first-order valence-electron chi connectivity index (χ1n) is 6.72. The van der Waals surface area contributed by atoms with Crippen molar-refractivity contribution in [1.82, 2.24) is 4.98 Å². The first-order valence-corrected chi connectivity index (χ1v) is 7.10. The van der Waals surface area contributed by atoms with E-state index in [2.05, 4.69) is 11.9 Å². The standard InChI is InChI=1S/C15H19ClN2O/c1-10-14(15(9-17)4-6-19-7-5-15)12-8-11(16)2-3-13(12)18-10/h2-3,8,18H,4-7,9,17H2,1H3. The van der Waals surface area contributed by atoms with Crippen molar-refractivity contribution in [1.29, 1.82) is 0 Å². The second kappa shape index (κ2) is 4.82. The van der Waals surface area contributed by atoms with Gasteiger partial charge in [0.05, 0.1) is 0 Å². The van der Waals surface area contributed by atoms with E-state index in [1.165, 1.54) is 16.6 Å². The Hall–Kier alpha value is -1.03. The molecule has 0 radical (unpaired) electrons. The molecule has 2 heterocycles. The van der Waals surface area contributed by atoms with Crippen molar-refractivity contribution in [2.24, 2.45) is 5.73 Å². The Morgan fingerprint density at radius 1 is 1.37 bits per heavy atom. The lowest BCUT2D eigenvalue weighted by molar-refractivity contribution is 0.0532. The van der Waals surface area contributed by atoms with Gasteiger partial charge in [-0.3, -0.25) is 0 Å². The SMILES string of the molecule is Cc1[nH]c2ccc(Cl)cc2c1C1(CN)CCOCC1. The first kappa shape index (κ1) is 13.0. The van der Waals surface area contributed by atoms with Gasteiger partial charge in [0.25, 0.3) is 0 Å². The van der Waals surface area contributed by atoms with Crippen LogP contribution in [-0.2, 0) is 10.2 Å². The molecule has 102 valence electrons. The number of hydrogen-bond donors (Lipinski definition) is 2. The summed E-state index contributed by atoms with van der Waals surface area (Å²) in [4.78, 5) is 3.46. The van der Waals surface area contributed by atoms with Crippen LogP contribution in [0.4, 0.5) is 0 Å². The third-order valence-electron chi connectivity index (χ3n) is 4.32. The van der Waals surface area contributed by atoms with Gasteiger partial charge in [-0.1, -0.05) is 11.6 Å². The molecule has 1 aromatic heterocycles. The van der Waals surface area contributed by atoms with E-state index in [0.717, 1.165) is 36.6 Å². The van der Waals surface area contributed by atoms with Crippen molar-refractivity contribution in [3.63, 3.8) is 0 Å². The Bertz CT molecular complexity index is 599. The molecule has 1 saturated heterocycles. The Morgan fingerprint density at radius 2 is 2.11 bits per heavy atom. The van der Waals surface area contributed by atoms with Crippen LogP contribution >= 0.6 is 11.6 Å². The fourth-order valence-electron chi connectivity index (χ4n) is 3.30. The van der Waals surface area contributed by atoms with Gasteiger partial charge in [0.1, 0.15) is 0 Å². The number of H-pyrrole nitrogens is 1. The van der Waals surface area contributed by atoms with Gasteiger partial charge >= 0.3 is 0 Å². The van der Waals surface area contributed by atoms with Gasteiger partial charge in [0, 0.05) is 46.8 Å². The maximum Gasteiger partial charge on any atom is 0.0475 e. The van der Waals surface area contributed by atoms with Crippen molar-refractivity contribution in [2.45, 2.75) is 25.2 Å². The van der Waals surface area contributed by atoms with E-state index in [9.17, 15) is 0 Å². The van der Waals surface area contributed by atoms with Crippen molar-refractivity contribution in [2.75, 3.05) is 19.8 Å². The normalized spacial score (nSPS) is 18.9. The molecule has 0 amide bonds. The monoisotopic (exact) mass is 278 g/mol. The molecule has 3 nitrogen and oxygen atoms in total. The molecular formula is C15H19ClN2O. The molecule has 4 heteroatoms. The molecule has 19 heavy (non-hydrogen) atoms. The van der Waals surface area contributed by atoms with E-state index in [1.54, 1.807) is 0 Å². The summed E-state index contributed by atoms with van der Waals surface area (Å²) in [7, 11) is 0. The number of benzene rings is 1. The Kier molecular flexibility index (Phi) is 3.29. The summed E-state index contributed by atoms with van der Waals surface area (Å²) in [5.41, 5.74) is 9.81. The maximum atomic E-state index is 6.16. The molecule has 0 aliphatic carbocycles. The van der Waals surface area contributed by atoms with Crippen molar-refractivity contribution < 1.29 is 4.74 Å². The largest absolute Gasteiger partial charge is 0.381 e. The first-order chi connectivity index (χ1) is 9.16. The Balaban J connectivity index is 2.22. The van der Waals surface area contributed by atoms with Crippen molar-refractivity contribution in [3.05, 3.63) is 34.5 Å². The van der Waals surface area contributed by atoms with Crippen LogP contribution in [-0.4, -0.2) is 24.7 Å². The number of rotatable bonds is 2. The van der Waals surface area contributed by atoms with Crippen molar-refractivity contribution >= 4 is 22.5 Å². The Labute approximate surface area is 118 Å². The number of hydrogen-bond acceptors (Lipinski definition) is 2. The quantitative estimate of drug-likeness (QED) is 0.887. The van der Waals surface area contributed by atoms with Gasteiger partial charge in [-0.15, -0.1) is 0 Å². The average molecular weight is 279 g/mol. The van der Waals surface area contributed by atoms with E-state index in [-0.39, 0.29) is 5.41 Å². The molecule has 3 rings (SSSR count). The van der Waals surface area contributed by atoms with Crippen LogP contribution in [0.1, 0.15) is 24.1 Å². The summed E-state index contributed by atoms with van der Waals surface area (Å²) in [6, 6.07) is 6.00. The number of fused-ring (bicyclic) bond motifs is 1. The summed E-state index contributed by atoms with van der Waals surface area (Å²) in [5.74, 6) is 0. The minimum atomic E-state index is 0.0191. The highest BCUT2D eigenvalue weighted by molar-refractivity contribution is 6.31. The second-order valence-corrected chi connectivity index (χ2v) is 5.85. The molecule has 0 saturated carbocycles. The number of aromatic nitrogens is 1. The summed E-state index contributed by atoms with van der Waals surface area (Å²) >= 11 is 6.16. The van der Waals surface area contributed by atoms with Crippen LogP contribution in [0.5, 0.6) is 0 Å². The second-order valence-electron chi connectivity index (χ2n) is 5.41. The lowest BCUT2D eigenvalue weighted by Crippen LogP contribution is -2.41. The van der Waals surface area contributed by atoms with Crippen LogP contribution in [0, 0.1) is 6.92 Å². The van der Waals surface area contributed by atoms with E-state index in [0.29, 0.717) is 6.54 Å². The number of nitrogens with two attached hydrogens (primary N) is 1.